The molecule has 1 aliphatic heterocycles. The SMILES string of the molecule is CN(CCN1CCCCC1)C1CCCCC1. The molecule has 0 aromatic heterocycles. The molecule has 0 aromatic rings. The van der Waals surface area contributed by atoms with Gasteiger partial charge in [-0.3, -0.25) is 0 Å². The van der Waals surface area contributed by atoms with Gasteiger partial charge in [0.05, 0.1) is 0 Å². The second-order valence-corrected chi connectivity index (χ2v) is 5.67. The Labute approximate surface area is 101 Å². The minimum Gasteiger partial charge on any atom is -0.302 e. The van der Waals surface area contributed by atoms with Crippen LogP contribution < -0.4 is 0 Å². The molecule has 0 unspecified atom stereocenters. The molecular formula is C14H28N2. The molecule has 2 nitrogen and oxygen atoms in total. The van der Waals surface area contributed by atoms with Crippen molar-refractivity contribution in [3.05, 3.63) is 0 Å². The van der Waals surface area contributed by atoms with E-state index in [1.165, 1.54) is 77.5 Å². The van der Waals surface area contributed by atoms with Crippen molar-refractivity contribution in [3.8, 4) is 0 Å². The number of rotatable bonds is 4. The average molecular weight is 224 g/mol. The molecule has 1 saturated carbocycles. The molecule has 0 N–H and O–H groups in total. The maximum absolute atomic E-state index is 2.66. The summed E-state index contributed by atoms with van der Waals surface area (Å²) in [6.45, 7) is 5.27. The van der Waals surface area contributed by atoms with E-state index in [4.69, 9.17) is 0 Å². The summed E-state index contributed by atoms with van der Waals surface area (Å²) >= 11 is 0. The van der Waals surface area contributed by atoms with Crippen LogP contribution in [-0.2, 0) is 0 Å². The van der Waals surface area contributed by atoms with Gasteiger partial charge >= 0.3 is 0 Å². The quantitative estimate of drug-likeness (QED) is 0.724. The van der Waals surface area contributed by atoms with E-state index in [1.807, 2.05) is 0 Å². The van der Waals surface area contributed by atoms with E-state index in [0.717, 1.165) is 6.04 Å². The van der Waals surface area contributed by atoms with Crippen LogP contribution in [0.25, 0.3) is 0 Å². The lowest BCUT2D eigenvalue weighted by Gasteiger charge is -2.34. The van der Waals surface area contributed by atoms with Gasteiger partial charge in [0, 0.05) is 19.1 Å². The van der Waals surface area contributed by atoms with Crippen LogP contribution in [0.15, 0.2) is 0 Å². The maximum atomic E-state index is 2.66. The van der Waals surface area contributed by atoms with E-state index < -0.39 is 0 Å². The first-order chi connectivity index (χ1) is 7.86. The number of piperidine rings is 1. The van der Waals surface area contributed by atoms with Gasteiger partial charge in [0.2, 0.25) is 0 Å². The van der Waals surface area contributed by atoms with Gasteiger partial charge in [0.1, 0.15) is 0 Å². The van der Waals surface area contributed by atoms with Crippen LogP contribution in [0.4, 0.5) is 0 Å². The number of hydrogen-bond donors (Lipinski definition) is 0. The Hall–Kier alpha value is -0.0800. The molecule has 2 aliphatic rings. The Morgan fingerprint density at radius 3 is 2.25 bits per heavy atom. The van der Waals surface area contributed by atoms with Gasteiger partial charge in [-0.15, -0.1) is 0 Å². The molecule has 1 heterocycles. The number of nitrogens with zero attached hydrogens (tertiary/aromatic N) is 2. The van der Waals surface area contributed by atoms with E-state index in [-0.39, 0.29) is 0 Å². The lowest BCUT2D eigenvalue weighted by atomic mass is 9.94. The predicted octanol–water partition coefficient (Wildman–Crippen LogP) is 2.74. The van der Waals surface area contributed by atoms with Gasteiger partial charge in [-0.2, -0.15) is 0 Å². The molecule has 0 radical (unpaired) electrons. The molecule has 0 atom stereocenters. The summed E-state index contributed by atoms with van der Waals surface area (Å²) in [6.07, 6.45) is 11.6. The van der Waals surface area contributed by atoms with Gasteiger partial charge < -0.3 is 9.80 Å². The van der Waals surface area contributed by atoms with E-state index in [1.54, 1.807) is 0 Å². The lowest BCUT2D eigenvalue weighted by Crippen LogP contribution is -2.41. The van der Waals surface area contributed by atoms with Gasteiger partial charge in [-0.05, 0) is 45.8 Å². The van der Waals surface area contributed by atoms with E-state index in [9.17, 15) is 0 Å². The third-order valence-electron chi connectivity index (χ3n) is 4.42. The molecule has 0 spiro atoms. The summed E-state index contributed by atoms with van der Waals surface area (Å²) < 4.78 is 0. The smallest absolute Gasteiger partial charge is 0.0109 e. The van der Waals surface area contributed by atoms with Crippen molar-refractivity contribution in [1.29, 1.82) is 0 Å². The second-order valence-electron chi connectivity index (χ2n) is 5.67. The maximum Gasteiger partial charge on any atom is 0.0109 e. The first-order valence-electron chi connectivity index (χ1n) is 7.29. The van der Waals surface area contributed by atoms with Gasteiger partial charge in [-0.25, -0.2) is 0 Å². The van der Waals surface area contributed by atoms with Crippen LogP contribution in [0.3, 0.4) is 0 Å². The summed E-state index contributed by atoms with van der Waals surface area (Å²) in [5.41, 5.74) is 0. The molecule has 0 amide bonds. The fourth-order valence-electron chi connectivity index (χ4n) is 3.19. The zero-order valence-corrected chi connectivity index (χ0v) is 11.0. The fourth-order valence-corrected chi connectivity index (χ4v) is 3.19. The van der Waals surface area contributed by atoms with Crippen molar-refractivity contribution in [2.24, 2.45) is 0 Å². The highest BCUT2D eigenvalue weighted by Gasteiger charge is 2.18. The van der Waals surface area contributed by atoms with Gasteiger partial charge in [-0.1, -0.05) is 25.7 Å². The molecular weight excluding hydrogens is 196 g/mol. The Bertz CT molecular complexity index is 181. The van der Waals surface area contributed by atoms with Crippen molar-refractivity contribution >= 4 is 0 Å². The van der Waals surface area contributed by atoms with Crippen LogP contribution in [-0.4, -0.2) is 49.1 Å². The highest BCUT2D eigenvalue weighted by molar-refractivity contribution is 4.75. The average Bonchev–Trinajstić information content (AvgIpc) is 2.38. The molecule has 16 heavy (non-hydrogen) atoms. The summed E-state index contributed by atoms with van der Waals surface area (Å²) in [5, 5.41) is 0. The van der Waals surface area contributed by atoms with Crippen LogP contribution in [0.2, 0.25) is 0 Å². The van der Waals surface area contributed by atoms with Crippen molar-refractivity contribution in [2.45, 2.75) is 57.4 Å². The predicted molar refractivity (Wildman–Crippen MR) is 69.8 cm³/mol. The van der Waals surface area contributed by atoms with E-state index in [2.05, 4.69) is 16.8 Å². The highest BCUT2D eigenvalue weighted by Crippen LogP contribution is 2.21. The van der Waals surface area contributed by atoms with Crippen molar-refractivity contribution in [1.82, 2.24) is 9.80 Å². The zero-order chi connectivity index (χ0) is 11.2. The topological polar surface area (TPSA) is 6.48 Å². The van der Waals surface area contributed by atoms with E-state index >= 15 is 0 Å². The Morgan fingerprint density at radius 2 is 1.56 bits per heavy atom. The molecule has 1 aliphatic carbocycles. The van der Waals surface area contributed by atoms with Crippen molar-refractivity contribution < 1.29 is 0 Å². The number of hydrogen-bond acceptors (Lipinski definition) is 2. The van der Waals surface area contributed by atoms with Gasteiger partial charge in [0.25, 0.3) is 0 Å². The Morgan fingerprint density at radius 1 is 0.938 bits per heavy atom. The molecule has 0 bridgehead atoms. The lowest BCUT2D eigenvalue weighted by molar-refractivity contribution is 0.149. The minimum absolute atomic E-state index is 0.888. The minimum atomic E-state index is 0.888. The monoisotopic (exact) mass is 224 g/mol. The molecule has 2 heteroatoms. The molecule has 0 aromatic carbocycles. The molecule has 2 fully saturated rings. The fraction of sp³-hybridized carbons (Fsp3) is 1.00. The second kappa shape index (κ2) is 6.61. The van der Waals surface area contributed by atoms with Gasteiger partial charge in [0.15, 0.2) is 0 Å². The third kappa shape index (κ3) is 3.74. The summed E-state index contributed by atoms with van der Waals surface area (Å²) in [7, 11) is 2.33. The first-order valence-corrected chi connectivity index (χ1v) is 7.29. The summed E-state index contributed by atoms with van der Waals surface area (Å²) in [4.78, 5) is 5.27. The van der Waals surface area contributed by atoms with Crippen molar-refractivity contribution in [3.63, 3.8) is 0 Å². The number of likely N-dealkylation sites (tertiary alicyclic amines) is 1. The zero-order valence-electron chi connectivity index (χ0n) is 11.0. The van der Waals surface area contributed by atoms with E-state index in [0.29, 0.717) is 0 Å². The van der Waals surface area contributed by atoms with Crippen LogP contribution in [0, 0.1) is 0 Å². The summed E-state index contributed by atoms with van der Waals surface area (Å²) in [5.74, 6) is 0. The largest absolute Gasteiger partial charge is 0.302 e. The number of likely N-dealkylation sites (N-methyl/N-ethyl adjacent to an activating group) is 1. The molecule has 94 valence electrons. The molecule has 2 rings (SSSR count). The summed E-state index contributed by atoms with van der Waals surface area (Å²) in [6, 6.07) is 0.888. The Kier molecular flexibility index (Phi) is 5.11. The molecule has 1 saturated heterocycles. The first kappa shape index (κ1) is 12.4. The normalized spacial score (nSPS) is 25.1. The highest BCUT2D eigenvalue weighted by atomic mass is 15.2. The van der Waals surface area contributed by atoms with Crippen LogP contribution in [0.5, 0.6) is 0 Å². The standard InChI is InChI=1S/C14H28N2/c1-15(14-8-4-2-5-9-14)12-13-16-10-6-3-7-11-16/h14H,2-13H2,1H3. The van der Waals surface area contributed by atoms with Crippen LogP contribution in [0.1, 0.15) is 51.4 Å². The van der Waals surface area contributed by atoms with Crippen LogP contribution >= 0.6 is 0 Å². The van der Waals surface area contributed by atoms with Crippen molar-refractivity contribution in [2.75, 3.05) is 33.2 Å². The Balaban J connectivity index is 1.63. The third-order valence-corrected chi connectivity index (χ3v) is 4.42.